The molecule has 0 heteroatoms. The van der Waals surface area contributed by atoms with Gasteiger partial charge in [0.15, 0.2) is 0 Å². The Labute approximate surface area is 112 Å². The Hall–Kier alpha value is -1.30. The Morgan fingerprint density at radius 1 is 1.11 bits per heavy atom. The van der Waals surface area contributed by atoms with Gasteiger partial charge in [-0.25, -0.2) is 0 Å². The average molecular weight is 242 g/mol. The molecule has 1 aromatic carbocycles. The SMILES string of the molecule is CC(C)=CCCC(C)CC=CCc1ccccc1. The van der Waals surface area contributed by atoms with Crippen LogP contribution in [-0.2, 0) is 6.42 Å². The van der Waals surface area contributed by atoms with Gasteiger partial charge < -0.3 is 0 Å². The van der Waals surface area contributed by atoms with E-state index < -0.39 is 0 Å². The number of benzene rings is 1. The summed E-state index contributed by atoms with van der Waals surface area (Å²) in [5, 5.41) is 0. The van der Waals surface area contributed by atoms with Crippen molar-refractivity contribution in [3.05, 3.63) is 59.7 Å². The molecule has 0 saturated heterocycles. The van der Waals surface area contributed by atoms with E-state index in [2.05, 4.69) is 69.3 Å². The number of hydrogen-bond donors (Lipinski definition) is 0. The Bertz CT molecular complexity index is 366. The second kappa shape index (κ2) is 8.74. The van der Waals surface area contributed by atoms with Crippen LogP contribution in [0.15, 0.2) is 54.1 Å². The third-order valence-electron chi connectivity index (χ3n) is 3.11. The normalized spacial score (nSPS) is 12.6. The van der Waals surface area contributed by atoms with Crippen molar-refractivity contribution in [3.63, 3.8) is 0 Å². The monoisotopic (exact) mass is 242 g/mol. The highest BCUT2D eigenvalue weighted by Crippen LogP contribution is 2.12. The van der Waals surface area contributed by atoms with Gasteiger partial charge in [-0.3, -0.25) is 0 Å². The second-order valence-electron chi connectivity index (χ2n) is 5.36. The van der Waals surface area contributed by atoms with Crippen LogP contribution < -0.4 is 0 Å². The summed E-state index contributed by atoms with van der Waals surface area (Å²) >= 11 is 0. The summed E-state index contributed by atoms with van der Waals surface area (Å²) in [6.45, 7) is 6.68. The molecular formula is C18H26. The number of rotatable bonds is 7. The minimum atomic E-state index is 0.785. The maximum atomic E-state index is 2.34. The van der Waals surface area contributed by atoms with Crippen molar-refractivity contribution in [2.24, 2.45) is 5.92 Å². The van der Waals surface area contributed by atoms with Gasteiger partial charge in [-0.15, -0.1) is 0 Å². The standard InChI is InChI=1S/C18H26/c1-16(2)10-9-12-17(3)11-7-8-15-18-13-5-4-6-14-18/h4-8,10,13-14,17H,9,11-12,15H2,1-3H3. The van der Waals surface area contributed by atoms with Crippen molar-refractivity contribution >= 4 is 0 Å². The fraction of sp³-hybridized carbons (Fsp3) is 0.444. The van der Waals surface area contributed by atoms with E-state index in [4.69, 9.17) is 0 Å². The largest absolute Gasteiger partial charge is 0.0879 e. The molecule has 0 bridgehead atoms. The lowest BCUT2D eigenvalue weighted by Gasteiger charge is -2.06. The fourth-order valence-corrected chi connectivity index (χ4v) is 1.94. The van der Waals surface area contributed by atoms with E-state index in [0.717, 1.165) is 12.3 Å². The first kappa shape index (κ1) is 14.8. The molecule has 1 atom stereocenters. The third-order valence-corrected chi connectivity index (χ3v) is 3.11. The van der Waals surface area contributed by atoms with E-state index in [1.54, 1.807) is 0 Å². The first-order valence-electron chi connectivity index (χ1n) is 7.00. The Morgan fingerprint density at radius 3 is 2.50 bits per heavy atom. The molecule has 0 radical (unpaired) electrons. The molecule has 0 aliphatic rings. The van der Waals surface area contributed by atoms with E-state index in [1.165, 1.54) is 30.4 Å². The lowest BCUT2D eigenvalue weighted by atomic mass is 10.0. The molecule has 0 heterocycles. The van der Waals surface area contributed by atoms with Crippen molar-refractivity contribution in [1.82, 2.24) is 0 Å². The van der Waals surface area contributed by atoms with Gasteiger partial charge in [0, 0.05) is 0 Å². The zero-order valence-electron chi connectivity index (χ0n) is 12.0. The van der Waals surface area contributed by atoms with Crippen LogP contribution >= 0.6 is 0 Å². The molecule has 1 rings (SSSR count). The molecule has 0 N–H and O–H groups in total. The molecule has 0 aliphatic heterocycles. The van der Waals surface area contributed by atoms with E-state index >= 15 is 0 Å². The summed E-state index contributed by atoms with van der Waals surface area (Å²) in [6.07, 6.45) is 11.7. The molecule has 98 valence electrons. The Kier molecular flexibility index (Phi) is 7.17. The predicted octanol–water partition coefficient (Wildman–Crippen LogP) is 5.56. The Morgan fingerprint density at radius 2 is 1.83 bits per heavy atom. The zero-order valence-corrected chi connectivity index (χ0v) is 12.0. The van der Waals surface area contributed by atoms with Crippen LogP contribution in [0.4, 0.5) is 0 Å². The molecule has 0 spiro atoms. The summed E-state index contributed by atoms with van der Waals surface area (Å²) in [4.78, 5) is 0. The molecule has 18 heavy (non-hydrogen) atoms. The van der Waals surface area contributed by atoms with Gasteiger partial charge in [-0.1, -0.05) is 61.1 Å². The van der Waals surface area contributed by atoms with Crippen LogP contribution in [-0.4, -0.2) is 0 Å². The van der Waals surface area contributed by atoms with Crippen LogP contribution in [0.2, 0.25) is 0 Å². The van der Waals surface area contributed by atoms with Gasteiger partial charge in [-0.05, 0) is 51.0 Å². The van der Waals surface area contributed by atoms with Crippen molar-refractivity contribution in [2.75, 3.05) is 0 Å². The molecule has 0 fully saturated rings. The first-order chi connectivity index (χ1) is 8.68. The van der Waals surface area contributed by atoms with Crippen LogP contribution in [0.25, 0.3) is 0 Å². The van der Waals surface area contributed by atoms with Crippen molar-refractivity contribution in [2.45, 2.75) is 46.5 Å². The lowest BCUT2D eigenvalue weighted by molar-refractivity contribution is 0.545. The summed E-state index contributed by atoms with van der Waals surface area (Å²) in [5.41, 5.74) is 2.83. The quantitative estimate of drug-likeness (QED) is 0.549. The van der Waals surface area contributed by atoms with Crippen LogP contribution in [0.3, 0.4) is 0 Å². The third kappa shape index (κ3) is 7.11. The van der Waals surface area contributed by atoms with E-state index in [0.29, 0.717) is 0 Å². The lowest BCUT2D eigenvalue weighted by Crippen LogP contribution is -1.91. The van der Waals surface area contributed by atoms with Crippen molar-refractivity contribution < 1.29 is 0 Å². The number of allylic oxidation sites excluding steroid dienone is 4. The summed E-state index contributed by atoms with van der Waals surface area (Å²) in [5.74, 6) is 0.785. The van der Waals surface area contributed by atoms with Crippen molar-refractivity contribution in [1.29, 1.82) is 0 Å². The van der Waals surface area contributed by atoms with Crippen LogP contribution in [0.5, 0.6) is 0 Å². The summed E-state index contributed by atoms with van der Waals surface area (Å²) in [6, 6.07) is 10.6. The van der Waals surface area contributed by atoms with E-state index in [1.807, 2.05) is 0 Å². The topological polar surface area (TPSA) is 0 Å². The van der Waals surface area contributed by atoms with Gasteiger partial charge in [0.1, 0.15) is 0 Å². The molecule has 0 saturated carbocycles. The average Bonchev–Trinajstić information content (AvgIpc) is 2.35. The second-order valence-corrected chi connectivity index (χ2v) is 5.36. The molecule has 0 aromatic heterocycles. The van der Waals surface area contributed by atoms with Crippen molar-refractivity contribution in [3.8, 4) is 0 Å². The number of hydrogen-bond acceptors (Lipinski definition) is 0. The minimum absolute atomic E-state index is 0.785. The highest BCUT2D eigenvalue weighted by Gasteiger charge is 1.97. The summed E-state index contributed by atoms with van der Waals surface area (Å²) < 4.78 is 0. The van der Waals surface area contributed by atoms with Gasteiger partial charge >= 0.3 is 0 Å². The molecule has 1 unspecified atom stereocenters. The van der Waals surface area contributed by atoms with Gasteiger partial charge in [0.25, 0.3) is 0 Å². The first-order valence-corrected chi connectivity index (χ1v) is 7.00. The fourth-order valence-electron chi connectivity index (χ4n) is 1.94. The highest BCUT2D eigenvalue weighted by atomic mass is 14.0. The summed E-state index contributed by atoms with van der Waals surface area (Å²) in [7, 11) is 0. The minimum Gasteiger partial charge on any atom is -0.0879 e. The van der Waals surface area contributed by atoms with E-state index in [9.17, 15) is 0 Å². The zero-order chi connectivity index (χ0) is 13.2. The van der Waals surface area contributed by atoms with Gasteiger partial charge in [0.2, 0.25) is 0 Å². The maximum Gasteiger partial charge on any atom is -0.00975 e. The molecule has 0 amide bonds. The van der Waals surface area contributed by atoms with Gasteiger partial charge in [-0.2, -0.15) is 0 Å². The Balaban J connectivity index is 2.18. The molecular weight excluding hydrogens is 216 g/mol. The smallest absolute Gasteiger partial charge is 0.00975 e. The molecule has 1 aromatic rings. The van der Waals surface area contributed by atoms with E-state index in [-0.39, 0.29) is 0 Å². The molecule has 0 aliphatic carbocycles. The highest BCUT2D eigenvalue weighted by molar-refractivity contribution is 5.17. The predicted molar refractivity (Wildman–Crippen MR) is 81.7 cm³/mol. The van der Waals surface area contributed by atoms with Crippen LogP contribution in [0.1, 0.15) is 45.6 Å². The maximum absolute atomic E-state index is 2.34. The molecule has 0 nitrogen and oxygen atoms in total. The van der Waals surface area contributed by atoms with Crippen LogP contribution in [0, 0.1) is 5.92 Å². The van der Waals surface area contributed by atoms with Gasteiger partial charge in [0.05, 0.1) is 0 Å².